The quantitative estimate of drug-likeness (QED) is 0.256. The molecule has 1 aromatic heterocycles. The average molecular weight is 434 g/mol. The number of anilines is 1. The average Bonchev–Trinajstić information content (AvgIpc) is 3.05. The zero-order valence-electron chi connectivity index (χ0n) is 15.8. The fraction of sp³-hybridized carbons (Fsp3) is 0.182. The molecule has 0 radical (unpaired) electrons. The summed E-state index contributed by atoms with van der Waals surface area (Å²) >= 11 is 0. The van der Waals surface area contributed by atoms with Crippen molar-refractivity contribution < 1.29 is 9.84 Å². The lowest BCUT2D eigenvalue weighted by Gasteiger charge is -2.13. The van der Waals surface area contributed by atoms with Crippen LogP contribution in [-0.4, -0.2) is 29.8 Å². The monoisotopic (exact) mass is 433 g/mol. The van der Waals surface area contributed by atoms with Gasteiger partial charge in [-0.3, -0.25) is 0 Å². The number of benzene rings is 3. The van der Waals surface area contributed by atoms with Crippen molar-refractivity contribution in [3.8, 4) is 5.75 Å². The third kappa shape index (κ3) is 5.14. The van der Waals surface area contributed by atoms with Crippen LogP contribution in [0.3, 0.4) is 0 Å². The van der Waals surface area contributed by atoms with Crippen molar-refractivity contribution in [1.82, 2.24) is 10.3 Å². The number of aromatic amines is 1. The first kappa shape index (κ1) is 22.8. The maximum absolute atomic E-state index is 10.1. The minimum absolute atomic E-state index is 0. The van der Waals surface area contributed by atoms with Crippen LogP contribution in [0.15, 0.2) is 66.7 Å². The number of aliphatic hydroxyl groups excluding tert-OH is 1. The molecule has 5 nitrogen and oxygen atoms in total. The molecule has 0 saturated carbocycles. The maximum atomic E-state index is 10.1. The number of hydrogen-bond acceptors (Lipinski definition) is 4. The molecule has 5 N–H and O–H groups in total. The molecular formula is C22H25Cl2N3O2. The summed E-state index contributed by atoms with van der Waals surface area (Å²) in [5.74, 6) is 0.666. The molecule has 1 heterocycles. The number of hydrogen-bond donors (Lipinski definition) is 4. The normalized spacial score (nSPS) is 11.6. The Balaban J connectivity index is 0.00000150. The molecule has 4 aromatic rings. The lowest BCUT2D eigenvalue weighted by molar-refractivity contribution is 0.172. The van der Waals surface area contributed by atoms with Gasteiger partial charge in [0, 0.05) is 35.4 Å². The van der Waals surface area contributed by atoms with Gasteiger partial charge < -0.3 is 25.9 Å². The van der Waals surface area contributed by atoms with E-state index in [1.807, 2.05) is 60.7 Å². The van der Waals surface area contributed by atoms with Gasteiger partial charge in [-0.2, -0.15) is 0 Å². The Morgan fingerprint density at radius 2 is 1.66 bits per heavy atom. The number of H-pyrrole nitrogens is 1. The summed E-state index contributed by atoms with van der Waals surface area (Å²) < 4.78 is 5.84. The Hall–Kier alpha value is -2.44. The summed E-state index contributed by atoms with van der Waals surface area (Å²) in [6, 6.07) is 21.7. The molecule has 3 aromatic carbocycles. The van der Waals surface area contributed by atoms with Gasteiger partial charge in [0.05, 0.1) is 17.3 Å². The number of ether oxygens (including phenoxy) is 1. The molecule has 0 spiro atoms. The summed E-state index contributed by atoms with van der Waals surface area (Å²) in [6.45, 7) is 1.56. The third-order valence-electron chi connectivity index (χ3n) is 4.69. The van der Waals surface area contributed by atoms with Gasteiger partial charge in [0.2, 0.25) is 0 Å². The summed E-state index contributed by atoms with van der Waals surface area (Å²) in [7, 11) is 0. The van der Waals surface area contributed by atoms with Crippen LogP contribution >= 0.6 is 24.8 Å². The summed E-state index contributed by atoms with van der Waals surface area (Å²) in [5, 5.41) is 15.6. The van der Waals surface area contributed by atoms with Crippen LogP contribution in [0.2, 0.25) is 0 Å². The van der Waals surface area contributed by atoms with Gasteiger partial charge in [-0.05, 0) is 17.7 Å². The van der Waals surface area contributed by atoms with Crippen LogP contribution in [0, 0.1) is 0 Å². The van der Waals surface area contributed by atoms with E-state index in [2.05, 4.69) is 16.4 Å². The Morgan fingerprint density at radius 3 is 2.45 bits per heavy atom. The lowest BCUT2D eigenvalue weighted by atomic mass is 10.1. The maximum Gasteiger partial charge on any atom is 0.144 e. The van der Waals surface area contributed by atoms with Crippen molar-refractivity contribution in [3.63, 3.8) is 0 Å². The molecule has 154 valence electrons. The van der Waals surface area contributed by atoms with Crippen molar-refractivity contribution in [2.24, 2.45) is 0 Å². The van der Waals surface area contributed by atoms with Gasteiger partial charge in [0.1, 0.15) is 12.4 Å². The fourth-order valence-corrected chi connectivity index (χ4v) is 3.28. The Labute approximate surface area is 182 Å². The number of aromatic nitrogens is 1. The summed E-state index contributed by atoms with van der Waals surface area (Å²) in [5.41, 5.74) is 9.79. The number of fused-ring (bicyclic) bond motifs is 3. The first-order valence-corrected chi connectivity index (χ1v) is 9.09. The molecule has 29 heavy (non-hydrogen) atoms. The van der Waals surface area contributed by atoms with E-state index in [4.69, 9.17) is 10.5 Å². The largest absolute Gasteiger partial charge is 0.490 e. The standard InChI is InChI=1S/C22H23N3O2.2ClH/c23-18-12-17-16-8-4-5-9-19(16)25-20(17)13-22(18)27-11-10-24-14-21(26)15-6-2-1-3-7-15;;/h1-9,12-13,21,24-26H,10-11,14,23H2;2*1H. The number of para-hydroxylation sites is 1. The van der Waals surface area contributed by atoms with E-state index in [1.165, 1.54) is 0 Å². The zero-order chi connectivity index (χ0) is 18.6. The summed E-state index contributed by atoms with van der Waals surface area (Å²) in [4.78, 5) is 3.40. The number of halogens is 2. The second-order valence-electron chi connectivity index (χ2n) is 6.59. The topological polar surface area (TPSA) is 83.3 Å². The molecule has 0 aliphatic carbocycles. The SMILES string of the molecule is Cl.Cl.Nc1cc2c(cc1OCCNCC(O)c1ccccc1)[nH]c1ccccc12. The fourth-order valence-electron chi connectivity index (χ4n) is 3.28. The highest BCUT2D eigenvalue weighted by molar-refractivity contribution is 6.08. The van der Waals surface area contributed by atoms with Crippen molar-refractivity contribution in [2.75, 3.05) is 25.4 Å². The van der Waals surface area contributed by atoms with E-state index < -0.39 is 6.10 Å². The highest BCUT2D eigenvalue weighted by Crippen LogP contribution is 2.32. The zero-order valence-corrected chi connectivity index (χ0v) is 17.4. The first-order valence-electron chi connectivity index (χ1n) is 9.09. The molecule has 7 heteroatoms. The van der Waals surface area contributed by atoms with E-state index in [0.717, 1.165) is 27.4 Å². The van der Waals surface area contributed by atoms with E-state index in [-0.39, 0.29) is 24.8 Å². The minimum atomic E-state index is -0.529. The molecule has 0 aliphatic heterocycles. The predicted octanol–water partition coefficient (Wildman–Crippen LogP) is 4.45. The lowest BCUT2D eigenvalue weighted by Crippen LogP contribution is -2.26. The number of aliphatic hydroxyl groups is 1. The second-order valence-corrected chi connectivity index (χ2v) is 6.59. The molecule has 4 rings (SSSR count). The number of nitrogens with one attached hydrogen (secondary N) is 2. The van der Waals surface area contributed by atoms with Crippen LogP contribution in [0.5, 0.6) is 5.75 Å². The van der Waals surface area contributed by atoms with Crippen molar-refractivity contribution in [1.29, 1.82) is 0 Å². The van der Waals surface area contributed by atoms with Crippen molar-refractivity contribution in [2.45, 2.75) is 6.10 Å². The van der Waals surface area contributed by atoms with Gasteiger partial charge in [0.25, 0.3) is 0 Å². The molecular weight excluding hydrogens is 409 g/mol. The van der Waals surface area contributed by atoms with E-state index in [1.54, 1.807) is 0 Å². The number of nitrogen functional groups attached to an aromatic ring is 1. The highest BCUT2D eigenvalue weighted by atomic mass is 35.5. The van der Waals surface area contributed by atoms with E-state index in [0.29, 0.717) is 31.1 Å². The summed E-state index contributed by atoms with van der Waals surface area (Å²) in [6.07, 6.45) is -0.529. The molecule has 1 atom stereocenters. The van der Waals surface area contributed by atoms with Gasteiger partial charge in [0.15, 0.2) is 0 Å². The van der Waals surface area contributed by atoms with Crippen molar-refractivity contribution >= 4 is 52.3 Å². The van der Waals surface area contributed by atoms with Crippen LogP contribution < -0.4 is 15.8 Å². The van der Waals surface area contributed by atoms with Gasteiger partial charge in [-0.25, -0.2) is 0 Å². The second kappa shape index (κ2) is 10.4. The first-order chi connectivity index (χ1) is 13.2. The smallest absolute Gasteiger partial charge is 0.144 e. The van der Waals surface area contributed by atoms with E-state index in [9.17, 15) is 5.11 Å². The highest BCUT2D eigenvalue weighted by Gasteiger charge is 2.09. The Bertz CT molecular complexity index is 1050. The van der Waals surface area contributed by atoms with Gasteiger partial charge in [-0.1, -0.05) is 48.5 Å². The van der Waals surface area contributed by atoms with Crippen LogP contribution in [0.25, 0.3) is 21.8 Å². The Kier molecular flexibility index (Phi) is 8.17. The molecule has 0 bridgehead atoms. The minimum Gasteiger partial charge on any atom is -0.490 e. The van der Waals surface area contributed by atoms with Crippen LogP contribution in [0.4, 0.5) is 5.69 Å². The van der Waals surface area contributed by atoms with Crippen LogP contribution in [0.1, 0.15) is 11.7 Å². The molecule has 0 aliphatic rings. The molecule has 0 fully saturated rings. The van der Waals surface area contributed by atoms with Crippen molar-refractivity contribution in [3.05, 3.63) is 72.3 Å². The van der Waals surface area contributed by atoms with E-state index >= 15 is 0 Å². The predicted molar refractivity (Wildman–Crippen MR) is 124 cm³/mol. The number of rotatable bonds is 7. The third-order valence-corrected chi connectivity index (χ3v) is 4.69. The Morgan fingerprint density at radius 1 is 0.931 bits per heavy atom. The number of nitrogens with two attached hydrogens (primary N) is 1. The molecule has 1 unspecified atom stereocenters. The molecule has 0 saturated heterocycles. The van der Waals surface area contributed by atoms with Crippen LogP contribution in [-0.2, 0) is 0 Å². The van der Waals surface area contributed by atoms with Gasteiger partial charge >= 0.3 is 0 Å². The molecule has 0 amide bonds. The van der Waals surface area contributed by atoms with Gasteiger partial charge in [-0.15, -0.1) is 24.8 Å².